The summed E-state index contributed by atoms with van der Waals surface area (Å²) in [5, 5.41) is 42.9. The molecule has 0 bridgehead atoms. The Morgan fingerprint density at radius 1 is 0.451 bits per heavy atom. The molecule has 0 heterocycles. The molecule has 4 atom stereocenters. The second kappa shape index (κ2) is 38.5. The zero-order valence-electron chi connectivity index (χ0n) is 40.7. The predicted molar refractivity (Wildman–Crippen MR) is 258 cm³/mol. The van der Waals surface area contributed by atoms with E-state index < -0.39 is 78.7 Å². The van der Waals surface area contributed by atoms with Crippen molar-refractivity contribution < 1.29 is 77.4 Å². The first kappa shape index (κ1) is 60.9. The Hall–Kier alpha value is -6.20. The quantitative estimate of drug-likeness (QED) is 0.0430. The molecule has 2 aromatic rings. The Balaban J connectivity index is 1.77. The lowest BCUT2D eigenvalue weighted by molar-refractivity contribution is -0.141. The Kier molecular flexibility index (Phi) is 33.1. The number of rotatable bonds is 42. The number of amides is 6. The van der Waals surface area contributed by atoms with Gasteiger partial charge in [0, 0.05) is 51.8 Å². The highest BCUT2D eigenvalue weighted by molar-refractivity contribution is 5.92. The second-order valence-corrected chi connectivity index (χ2v) is 16.2. The van der Waals surface area contributed by atoms with Gasteiger partial charge in [-0.2, -0.15) is 0 Å². The summed E-state index contributed by atoms with van der Waals surface area (Å²) in [7, 11) is 0. The lowest BCUT2D eigenvalue weighted by Gasteiger charge is -2.23. The molecule has 0 saturated heterocycles. The summed E-state index contributed by atoms with van der Waals surface area (Å²) in [6, 6.07) is 12.4. The van der Waals surface area contributed by atoms with Gasteiger partial charge in [0.1, 0.15) is 24.2 Å². The number of hydrogen-bond donors (Lipinski definition) is 9. The number of carboxylic acid groups (broad SMARTS) is 3. The van der Waals surface area contributed by atoms with Crippen LogP contribution >= 0.6 is 0 Å². The van der Waals surface area contributed by atoms with Crippen LogP contribution in [0.2, 0.25) is 0 Å². The first-order valence-electron chi connectivity index (χ1n) is 24.1. The van der Waals surface area contributed by atoms with Crippen molar-refractivity contribution in [2.75, 3.05) is 79.2 Å². The molecule has 0 spiro atoms. The molecule has 0 aliphatic carbocycles. The molecule has 0 radical (unpaired) electrons. The summed E-state index contributed by atoms with van der Waals surface area (Å²) in [6.45, 7) is 6.82. The third-order valence-electron chi connectivity index (χ3n) is 10.5. The average Bonchev–Trinajstić information content (AvgIpc) is 3.34. The highest BCUT2D eigenvalue weighted by Crippen LogP contribution is 2.10. The standard InChI is InChI=1S/C49H74N6O16/c1-2-67-26-27-69-30-31-71-33-32-70-29-28-68-25-24-51-45(60)40(34-36-14-8-6-9-15-36)53-46(61)41(35-37-16-10-7-11-17-37)52-43(57)18-12-4-3-5-13-23-50-42(56)21-19-38(47(62)63)54-49(66)55-39(48(64)65)20-22-44(58)59/h6-11,14-17,38-41H,2-5,12-13,18-35H2,1H3,(H,50,56)(H,51,60)(H,52,57)(H,53,61)(H,58,59)(H,62,63)(H,64,65)(H2,54,55,66)/t38-,39-,40-,41-/m0/s1. The highest BCUT2D eigenvalue weighted by Gasteiger charge is 2.28. The Morgan fingerprint density at radius 2 is 0.915 bits per heavy atom. The van der Waals surface area contributed by atoms with E-state index in [1.54, 1.807) is 0 Å². The zero-order chi connectivity index (χ0) is 51.9. The fourth-order valence-corrected chi connectivity index (χ4v) is 6.72. The van der Waals surface area contributed by atoms with Gasteiger partial charge in [-0.05, 0) is 43.7 Å². The Bertz CT molecular complexity index is 1860. The van der Waals surface area contributed by atoms with Crippen molar-refractivity contribution in [1.29, 1.82) is 0 Å². The van der Waals surface area contributed by atoms with Gasteiger partial charge >= 0.3 is 23.9 Å². The van der Waals surface area contributed by atoms with E-state index in [0.29, 0.717) is 85.3 Å². The van der Waals surface area contributed by atoms with E-state index in [-0.39, 0.29) is 51.2 Å². The number of carbonyl (C=O) groups excluding carboxylic acids is 5. The molecule has 9 N–H and O–H groups in total. The van der Waals surface area contributed by atoms with Gasteiger partial charge in [0.2, 0.25) is 23.6 Å². The molecule has 22 nitrogen and oxygen atoms in total. The van der Waals surface area contributed by atoms with Crippen molar-refractivity contribution in [3.05, 3.63) is 71.8 Å². The third kappa shape index (κ3) is 30.9. The van der Waals surface area contributed by atoms with Crippen LogP contribution in [0.5, 0.6) is 0 Å². The molecule has 71 heavy (non-hydrogen) atoms. The summed E-state index contributed by atoms with van der Waals surface area (Å²) in [5.74, 6) is -5.88. The number of carboxylic acids is 3. The minimum Gasteiger partial charge on any atom is -0.481 e. The molecule has 22 heteroatoms. The van der Waals surface area contributed by atoms with Crippen LogP contribution in [-0.4, -0.2) is 166 Å². The third-order valence-corrected chi connectivity index (χ3v) is 10.5. The fraction of sp³-hybridized carbons (Fsp3) is 0.592. The van der Waals surface area contributed by atoms with Crippen LogP contribution in [-0.2, 0) is 70.1 Å². The number of unbranched alkanes of at least 4 members (excludes halogenated alkanes) is 4. The maximum Gasteiger partial charge on any atom is 0.326 e. The van der Waals surface area contributed by atoms with E-state index in [4.69, 9.17) is 28.8 Å². The number of aliphatic carboxylic acids is 3. The smallest absolute Gasteiger partial charge is 0.326 e. The van der Waals surface area contributed by atoms with Crippen LogP contribution in [0.4, 0.5) is 4.79 Å². The van der Waals surface area contributed by atoms with Gasteiger partial charge in [-0.1, -0.05) is 79.9 Å². The Labute approximate surface area is 415 Å². The van der Waals surface area contributed by atoms with Crippen molar-refractivity contribution in [2.24, 2.45) is 0 Å². The fourth-order valence-electron chi connectivity index (χ4n) is 6.72. The zero-order valence-corrected chi connectivity index (χ0v) is 40.7. The highest BCUT2D eigenvalue weighted by atomic mass is 16.6. The molecule has 0 aliphatic rings. The van der Waals surface area contributed by atoms with E-state index in [0.717, 1.165) is 24.0 Å². The van der Waals surface area contributed by atoms with Crippen molar-refractivity contribution >= 4 is 47.6 Å². The van der Waals surface area contributed by atoms with Crippen molar-refractivity contribution in [3.63, 3.8) is 0 Å². The van der Waals surface area contributed by atoms with Gasteiger partial charge in [0.05, 0.1) is 59.5 Å². The van der Waals surface area contributed by atoms with Crippen molar-refractivity contribution in [1.82, 2.24) is 31.9 Å². The molecule has 2 aromatic carbocycles. The Morgan fingerprint density at radius 3 is 1.42 bits per heavy atom. The number of carbonyl (C=O) groups is 8. The van der Waals surface area contributed by atoms with Gasteiger partial charge in [0.15, 0.2) is 0 Å². The van der Waals surface area contributed by atoms with Crippen LogP contribution in [0.15, 0.2) is 60.7 Å². The van der Waals surface area contributed by atoms with Gasteiger partial charge in [-0.15, -0.1) is 0 Å². The van der Waals surface area contributed by atoms with Crippen molar-refractivity contribution in [2.45, 2.75) is 108 Å². The number of urea groups is 1. The molecule has 0 aliphatic heterocycles. The van der Waals surface area contributed by atoms with Gasteiger partial charge in [-0.3, -0.25) is 24.0 Å². The molecular weight excluding hydrogens is 929 g/mol. The van der Waals surface area contributed by atoms with Crippen LogP contribution in [0.3, 0.4) is 0 Å². The van der Waals surface area contributed by atoms with Crippen LogP contribution in [0.25, 0.3) is 0 Å². The lowest BCUT2D eigenvalue weighted by atomic mass is 10.0. The van der Waals surface area contributed by atoms with E-state index in [1.165, 1.54) is 0 Å². The summed E-state index contributed by atoms with van der Waals surface area (Å²) < 4.78 is 27.2. The van der Waals surface area contributed by atoms with Gasteiger partial charge in [0.25, 0.3) is 0 Å². The average molecular weight is 1000 g/mol. The van der Waals surface area contributed by atoms with E-state index in [1.807, 2.05) is 72.9 Å². The summed E-state index contributed by atoms with van der Waals surface area (Å²) in [5.41, 5.74) is 1.65. The minimum atomic E-state index is -1.55. The van der Waals surface area contributed by atoms with E-state index in [2.05, 4.69) is 26.6 Å². The topological polar surface area (TPSA) is 316 Å². The predicted octanol–water partition coefficient (Wildman–Crippen LogP) is 1.97. The number of hydrogen-bond acceptors (Lipinski definition) is 13. The van der Waals surface area contributed by atoms with E-state index >= 15 is 0 Å². The SMILES string of the molecule is CCOCCOCCOCCOCCOCCNC(=O)[C@H](Cc1ccccc1)NC(=O)[C@H](Cc1ccccc1)NC(=O)CCCCCCCNC(=O)CC[C@H](NC(=O)N[C@@H](CCC(=O)O)C(=O)O)C(=O)O. The number of ether oxygens (including phenoxy) is 5. The van der Waals surface area contributed by atoms with Gasteiger partial charge in [-0.25, -0.2) is 14.4 Å². The maximum absolute atomic E-state index is 13.9. The van der Waals surface area contributed by atoms with Crippen LogP contribution < -0.4 is 31.9 Å². The summed E-state index contributed by atoms with van der Waals surface area (Å²) in [4.78, 5) is 99.0. The molecule has 0 aromatic heterocycles. The number of nitrogens with one attached hydrogen (secondary N) is 6. The molecule has 0 saturated carbocycles. The van der Waals surface area contributed by atoms with Crippen LogP contribution in [0.1, 0.15) is 82.3 Å². The number of benzene rings is 2. The van der Waals surface area contributed by atoms with Crippen LogP contribution in [0, 0.1) is 0 Å². The monoisotopic (exact) mass is 1000 g/mol. The summed E-state index contributed by atoms with van der Waals surface area (Å²) >= 11 is 0. The molecule has 2 rings (SSSR count). The normalized spacial score (nSPS) is 12.6. The van der Waals surface area contributed by atoms with E-state index in [9.17, 15) is 48.6 Å². The minimum absolute atomic E-state index is 0.156. The molecule has 0 unspecified atom stereocenters. The molecule has 396 valence electrons. The molecule has 0 fully saturated rings. The summed E-state index contributed by atoms with van der Waals surface area (Å²) in [6.07, 6.45) is 2.43. The molecule has 6 amide bonds. The van der Waals surface area contributed by atoms with Crippen molar-refractivity contribution in [3.8, 4) is 0 Å². The first-order chi connectivity index (χ1) is 34.3. The lowest BCUT2D eigenvalue weighted by Crippen LogP contribution is -2.55. The molecular formula is C49H74N6O16. The van der Waals surface area contributed by atoms with Gasteiger partial charge < -0.3 is 70.9 Å². The largest absolute Gasteiger partial charge is 0.481 e. The maximum atomic E-state index is 13.9. The first-order valence-corrected chi connectivity index (χ1v) is 24.1. The second-order valence-electron chi connectivity index (χ2n) is 16.2.